The monoisotopic (exact) mass is 226 g/mol. The molecule has 1 aliphatic rings. The molecule has 0 heterocycles. The van der Waals surface area contributed by atoms with Crippen LogP contribution in [0.5, 0.6) is 0 Å². The number of nitrogens with zero attached hydrogens (tertiary/aromatic N) is 1. The smallest absolute Gasteiger partial charge is 0.0107 e. The summed E-state index contributed by atoms with van der Waals surface area (Å²) >= 11 is 0. The van der Waals surface area contributed by atoms with Crippen molar-refractivity contribution in [3.05, 3.63) is 0 Å². The van der Waals surface area contributed by atoms with E-state index in [1.165, 1.54) is 32.4 Å². The van der Waals surface area contributed by atoms with E-state index >= 15 is 0 Å². The lowest BCUT2D eigenvalue weighted by atomic mass is 10.0. The van der Waals surface area contributed by atoms with Gasteiger partial charge in [0.05, 0.1) is 0 Å². The van der Waals surface area contributed by atoms with Gasteiger partial charge in [-0.05, 0) is 59.0 Å². The molecule has 0 radical (unpaired) electrons. The topological polar surface area (TPSA) is 15.3 Å². The molecule has 1 rings (SSSR count). The Bertz CT molecular complexity index is 187. The Morgan fingerprint density at radius 2 is 1.81 bits per heavy atom. The molecule has 0 aromatic heterocycles. The van der Waals surface area contributed by atoms with Gasteiger partial charge in [0.2, 0.25) is 0 Å². The molecule has 0 spiro atoms. The molecule has 0 saturated heterocycles. The minimum absolute atomic E-state index is 0.665. The van der Waals surface area contributed by atoms with Crippen LogP contribution in [0, 0.1) is 5.92 Å². The van der Waals surface area contributed by atoms with Crippen LogP contribution in [-0.4, -0.2) is 36.1 Å². The van der Waals surface area contributed by atoms with E-state index in [0.29, 0.717) is 12.1 Å². The van der Waals surface area contributed by atoms with E-state index in [0.717, 1.165) is 12.0 Å². The summed E-state index contributed by atoms with van der Waals surface area (Å²) in [4.78, 5) is 2.64. The average molecular weight is 226 g/mol. The van der Waals surface area contributed by atoms with Gasteiger partial charge in [-0.15, -0.1) is 0 Å². The van der Waals surface area contributed by atoms with Gasteiger partial charge >= 0.3 is 0 Å². The Labute approximate surface area is 102 Å². The lowest BCUT2D eigenvalue weighted by Crippen LogP contribution is -2.45. The van der Waals surface area contributed by atoms with E-state index in [4.69, 9.17) is 0 Å². The van der Waals surface area contributed by atoms with Crippen LogP contribution in [0.4, 0.5) is 0 Å². The Balaban J connectivity index is 2.34. The van der Waals surface area contributed by atoms with E-state index in [2.05, 4.69) is 44.8 Å². The van der Waals surface area contributed by atoms with Crippen LogP contribution in [0.15, 0.2) is 0 Å². The molecule has 16 heavy (non-hydrogen) atoms. The SMILES string of the molecule is CCCN(C(C)C)C(C)C(C)CNC1CC1. The minimum Gasteiger partial charge on any atom is -0.314 e. The molecule has 2 atom stereocenters. The second-order valence-electron chi connectivity index (χ2n) is 5.73. The first-order chi connectivity index (χ1) is 7.56. The molecular weight excluding hydrogens is 196 g/mol. The maximum Gasteiger partial charge on any atom is 0.0107 e. The lowest BCUT2D eigenvalue weighted by molar-refractivity contribution is 0.123. The van der Waals surface area contributed by atoms with E-state index in [1.54, 1.807) is 0 Å². The molecule has 0 bridgehead atoms. The van der Waals surface area contributed by atoms with E-state index in [1.807, 2.05) is 0 Å². The maximum atomic E-state index is 3.65. The lowest BCUT2D eigenvalue weighted by Gasteiger charge is -2.36. The average Bonchev–Trinajstić information content (AvgIpc) is 3.04. The summed E-state index contributed by atoms with van der Waals surface area (Å²) in [5.41, 5.74) is 0. The number of hydrogen-bond donors (Lipinski definition) is 1. The summed E-state index contributed by atoms with van der Waals surface area (Å²) in [6, 6.07) is 2.19. The first kappa shape index (κ1) is 14.0. The van der Waals surface area contributed by atoms with Crippen molar-refractivity contribution >= 4 is 0 Å². The number of hydrogen-bond acceptors (Lipinski definition) is 2. The van der Waals surface area contributed by atoms with Gasteiger partial charge in [0.25, 0.3) is 0 Å². The van der Waals surface area contributed by atoms with E-state index in [9.17, 15) is 0 Å². The Kier molecular flexibility index (Phi) is 5.77. The predicted octanol–water partition coefficient (Wildman–Crippen LogP) is 2.88. The normalized spacial score (nSPS) is 20.4. The van der Waals surface area contributed by atoms with Crippen LogP contribution in [-0.2, 0) is 0 Å². The molecule has 1 aliphatic carbocycles. The molecule has 0 amide bonds. The summed E-state index contributed by atoms with van der Waals surface area (Å²) in [7, 11) is 0. The highest BCUT2D eigenvalue weighted by atomic mass is 15.2. The van der Waals surface area contributed by atoms with Crippen LogP contribution in [0.2, 0.25) is 0 Å². The van der Waals surface area contributed by atoms with Crippen molar-refractivity contribution in [3.8, 4) is 0 Å². The third-order valence-electron chi connectivity index (χ3n) is 3.80. The van der Waals surface area contributed by atoms with Crippen molar-refractivity contribution in [3.63, 3.8) is 0 Å². The zero-order valence-corrected chi connectivity index (χ0v) is 11.8. The fourth-order valence-corrected chi connectivity index (χ4v) is 2.33. The van der Waals surface area contributed by atoms with Gasteiger partial charge in [0, 0.05) is 18.1 Å². The first-order valence-corrected chi connectivity index (χ1v) is 7.05. The first-order valence-electron chi connectivity index (χ1n) is 7.05. The second-order valence-corrected chi connectivity index (χ2v) is 5.73. The van der Waals surface area contributed by atoms with E-state index in [-0.39, 0.29) is 0 Å². The molecule has 1 saturated carbocycles. The second kappa shape index (κ2) is 6.61. The fraction of sp³-hybridized carbons (Fsp3) is 1.00. The van der Waals surface area contributed by atoms with Crippen molar-refractivity contribution in [2.45, 2.75) is 72.0 Å². The molecule has 0 aromatic carbocycles. The van der Waals surface area contributed by atoms with Gasteiger partial charge in [-0.2, -0.15) is 0 Å². The fourth-order valence-electron chi connectivity index (χ4n) is 2.33. The predicted molar refractivity (Wildman–Crippen MR) is 71.8 cm³/mol. The molecule has 1 fully saturated rings. The summed E-state index contributed by atoms with van der Waals surface area (Å²) in [5.74, 6) is 0.745. The highest BCUT2D eigenvalue weighted by Crippen LogP contribution is 2.20. The Hall–Kier alpha value is -0.0800. The van der Waals surface area contributed by atoms with Gasteiger partial charge in [0.1, 0.15) is 0 Å². The van der Waals surface area contributed by atoms with Gasteiger partial charge in [-0.25, -0.2) is 0 Å². The summed E-state index contributed by atoms with van der Waals surface area (Å²) in [6.45, 7) is 14.1. The minimum atomic E-state index is 0.665. The molecule has 0 aliphatic heterocycles. The van der Waals surface area contributed by atoms with Crippen molar-refractivity contribution in [2.24, 2.45) is 5.92 Å². The molecule has 2 heteroatoms. The quantitative estimate of drug-likeness (QED) is 0.684. The zero-order valence-electron chi connectivity index (χ0n) is 11.8. The van der Waals surface area contributed by atoms with Crippen molar-refractivity contribution in [2.75, 3.05) is 13.1 Å². The number of rotatable bonds is 8. The van der Waals surface area contributed by atoms with Gasteiger partial charge in [-0.3, -0.25) is 4.90 Å². The van der Waals surface area contributed by atoms with Crippen molar-refractivity contribution in [1.29, 1.82) is 0 Å². The third kappa shape index (κ3) is 4.42. The van der Waals surface area contributed by atoms with Crippen LogP contribution in [0.3, 0.4) is 0 Å². The summed E-state index contributed by atoms with van der Waals surface area (Å²) < 4.78 is 0. The van der Waals surface area contributed by atoms with Crippen LogP contribution < -0.4 is 5.32 Å². The maximum absolute atomic E-state index is 3.65. The standard InChI is InChI=1S/C14H30N2/c1-6-9-16(11(2)3)13(5)12(4)10-15-14-7-8-14/h11-15H,6-10H2,1-5H3. The highest BCUT2D eigenvalue weighted by Gasteiger charge is 2.25. The van der Waals surface area contributed by atoms with E-state index < -0.39 is 0 Å². The van der Waals surface area contributed by atoms with Crippen LogP contribution in [0.25, 0.3) is 0 Å². The molecule has 1 N–H and O–H groups in total. The molecule has 0 aromatic rings. The Morgan fingerprint density at radius 1 is 1.19 bits per heavy atom. The largest absolute Gasteiger partial charge is 0.314 e. The van der Waals surface area contributed by atoms with Crippen LogP contribution in [0.1, 0.15) is 53.9 Å². The van der Waals surface area contributed by atoms with Gasteiger partial charge in [-0.1, -0.05) is 13.8 Å². The molecule has 96 valence electrons. The van der Waals surface area contributed by atoms with Crippen molar-refractivity contribution in [1.82, 2.24) is 10.2 Å². The summed E-state index contributed by atoms with van der Waals surface area (Å²) in [5, 5.41) is 3.65. The Morgan fingerprint density at radius 3 is 2.25 bits per heavy atom. The van der Waals surface area contributed by atoms with Gasteiger partial charge < -0.3 is 5.32 Å². The van der Waals surface area contributed by atoms with Crippen LogP contribution >= 0.6 is 0 Å². The molecule has 2 unspecified atom stereocenters. The third-order valence-corrected chi connectivity index (χ3v) is 3.80. The number of nitrogens with one attached hydrogen (secondary N) is 1. The molecule has 2 nitrogen and oxygen atoms in total. The summed E-state index contributed by atoms with van der Waals surface area (Å²) in [6.07, 6.45) is 4.04. The van der Waals surface area contributed by atoms with Crippen molar-refractivity contribution < 1.29 is 0 Å². The molecular formula is C14H30N2. The van der Waals surface area contributed by atoms with Gasteiger partial charge in [0.15, 0.2) is 0 Å². The highest BCUT2D eigenvalue weighted by molar-refractivity contribution is 4.84. The zero-order chi connectivity index (χ0) is 12.1.